The highest BCUT2D eigenvalue weighted by Crippen LogP contribution is 2.35. The zero-order chi connectivity index (χ0) is 20.4. The van der Waals surface area contributed by atoms with E-state index in [2.05, 4.69) is 0 Å². The number of carbonyl (C=O) groups excluding carboxylic acids is 2. The molecule has 0 atom stereocenters. The van der Waals surface area contributed by atoms with Crippen LogP contribution in [-0.2, 0) is 0 Å². The highest BCUT2D eigenvalue weighted by atomic mass is 35.5. The number of benzene rings is 3. The lowest BCUT2D eigenvalue weighted by Gasteiger charge is -2.08. The molecule has 5 nitrogen and oxygen atoms in total. The minimum atomic E-state index is -0.571. The van der Waals surface area contributed by atoms with Crippen molar-refractivity contribution < 1.29 is 23.8 Å². The summed E-state index contributed by atoms with van der Waals surface area (Å²) in [6, 6.07) is 18.5. The maximum atomic E-state index is 12.6. The summed E-state index contributed by atoms with van der Waals surface area (Å²) < 4.78 is 16.3. The summed E-state index contributed by atoms with van der Waals surface area (Å²) in [5.74, 6) is 0.308. The summed E-state index contributed by atoms with van der Waals surface area (Å²) in [7, 11) is 1.48. The molecule has 4 rings (SSSR count). The standard InChI is InChI=1S/C23H15ClO5/c1-27-19-9-5-3-7-17(19)23(26)28-15-10-11-16-20(13-15)29-21(22(16)25)12-14-6-2-4-8-18(14)24/h2-13H,1H3. The highest BCUT2D eigenvalue weighted by molar-refractivity contribution is 6.32. The van der Waals surface area contributed by atoms with E-state index in [4.69, 9.17) is 25.8 Å². The first-order chi connectivity index (χ1) is 14.1. The molecule has 0 N–H and O–H groups in total. The van der Waals surface area contributed by atoms with Crippen LogP contribution in [0.4, 0.5) is 0 Å². The molecule has 0 radical (unpaired) electrons. The van der Waals surface area contributed by atoms with Gasteiger partial charge in [0.1, 0.15) is 22.8 Å². The van der Waals surface area contributed by atoms with Gasteiger partial charge >= 0.3 is 5.97 Å². The van der Waals surface area contributed by atoms with Gasteiger partial charge in [-0.05, 0) is 42.0 Å². The van der Waals surface area contributed by atoms with E-state index in [1.165, 1.54) is 13.2 Å². The van der Waals surface area contributed by atoms with Crippen LogP contribution < -0.4 is 14.2 Å². The average Bonchev–Trinajstić information content (AvgIpc) is 3.04. The number of ketones is 1. The third-order valence-electron chi connectivity index (χ3n) is 4.37. The minimum absolute atomic E-state index is 0.154. The number of methoxy groups -OCH3 is 1. The Morgan fingerprint density at radius 3 is 2.59 bits per heavy atom. The Bertz CT molecular complexity index is 1150. The monoisotopic (exact) mass is 406 g/mol. The molecule has 0 amide bonds. The van der Waals surface area contributed by atoms with Crippen molar-refractivity contribution in [3.8, 4) is 17.2 Å². The SMILES string of the molecule is COc1ccccc1C(=O)Oc1ccc2c(c1)OC(=Cc1ccccc1Cl)C2=O. The molecule has 1 aliphatic rings. The molecule has 0 aromatic heterocycles. The first kappa shape index (κ1) is 18.8. The molecule has 6 heteroatoms. The van der Waals surface area contributed by atoms with Crippen molar-refractivity contribution in [3.63, 3.8) is 0 Å². The normalized spacial score (nSPS) is 13.7. The molecule has 0 bridgehead atoms. The molecule has 0 fully saturated rings. The number of para-hydroxylation sites is 1. The Balaban J connectivity index is 1.58. The lowest BCUT2D eigenvalue weighted by molar-refractivity contribution is 0.0731. The number of ether oxygens (including phenoxy) is 3. The second-order valence-electron chi connectivity index (χ2n) is 6.21. The van der Waals surface area contributed by atoms with Crippen molar-refractivity contribution in [3.05, 3.63) is 94.2 Å². The van der Waals surface area contributed by atoms with E-state index in [1.807, 2.05) is 6.07 Å². The average molecular weight is 407 g/mol. The predicted molar refractivity (Wildman–Crippen MR) is 109 cm³/mol. The molecule has 1 aliphatic heterocycles. The van der Waals surface area contributed by atoms with Gasteiger partial charge in [0, 0.05) is 11.1 Å². The van der Waals surface area contributed by atoms with E-state index < -0.39 is 5.97 Å². The van der Waals surface area contributed by atoms with Crippen LogP contribution in [0.5, 0.6) is 17.2 Å². The topological polar surface area (TPSA) is 61.8 Å². The van der Waals surface area contributed by atoms with Crippen LogP contribution in [0.25, 0.3) is 6.08 Å². The van der Waals surface area contributed by atoms with Gasteiger partial charge in [0.25, 0.3) is 0 Å². The van der Waals surface area contributed by atoms with Crippen LogP contribution in [0.3, 0.4) is 0 Å². The van der Waals surface area contributed by atoms with Crippen LogP contribution >= 0.6 is 11.6 Å². The van der Waals surface area contributed by atoms with Crippen molar-refractivity contribution in [1.82, 2.24) is 0 Å². The molecule has 1 heterocycles. The second-order valence-corrected chi connectivity index (χ2v) is 6.62. The molecular weight excluding hydrogens is 392 g/mol. The van der Waals surface area contributed by atoms with Crippen molar-refractivity contribution in [2.75, 3.05) is 7.11 Å². The van der Waals surface area contributed by atoms with Crippen molar-refractivity contribution >= 4 is 29.4 Å². The number of allylic oxidation sites excluding steroid dienone is 1. The molecular formula is C23H15ClO5. The number of carbonyl (C=O) groups is 2. The summed E-state index contributed by atoms with van der Waals surface area (Å²) in [6.07, 6.45) is 1.59. The van der Waals surface area contributed by atoms with E-state index in [-0.39, 0.29) is 17.3 Å². The Labute approximate surface area is 172 Å². The lowest BCUT2D eigenvalue weighted by atomic mass is 10.1. The molecule has 144 valence electrons. The van der Waals surface area contributed by atoms with E-state index in [1.54, 1.807) is 60.7 Å². The van der Waals surface area contributed by atoms with Gasteiger partial charge in [0.05, 0.1) is 12.7 Å². The first-order valence-electron chi connectivity index (χ1n) is 8.75. The number of hydrogen-bond acceptors (Lipinski definition) is 5. The Morgan fingerprint density at radius 2 is 1.79 bits per heavy atom. The first-order valence-corrected chi connectivity index (χ1v) is 9.12. The highest BCUT2D eigenvalue weighted by Gasteiger charge is 2.28. The summed E-state index contributed by atoms with van der Waals surface area (Å²) in [4.78, 5) is 25.1. The van der Waals surface area contributed by atoms with E-state index in [0.29, 0.717) is 33.2 Å². The van der Waals surface area contributed by atoms with Gasteiger partial charge in [-0.3, -0.25) is 4.79 Å². The third kappa shape index (κ3) is 3.73. The zero-order valence-electron chi connectivity index (χ0n) is 15.3. The number of halogens is 1. The summed E-state index contributed by atoms with van der Waals surface area (Å²) in [6.45, 7) is 0. The molecule has 3 aromatic rings. The molecule has 29 heavy (non-hydrogen) atoms. The van der Waals surface area contributed by atoms with Crippen molar-refractivity contribution in [2.24, 2.45) is 0 Å². The Morgan fingerprint density at radius 1 is 1.03 bits per heavy atom. The maximum absolute atomic E-state index is 12.6. The molecule has 0 spiro atoms. The maximum Gasteiger partial charge on any atom is 0.347 e. The van der Waals surface area contributed by atoms with Crippen LogP contribution in [0.1, 0.15) is 26.3 Å². The molecule has 0 saturated carbocycles. The molecule has 3 aromatic carbocycles. The van der Waals surface area contributed by atoms with Crippen LogP contribution in [0.15, 0.2) is 72.5 Å². The quantitative estimate of drug-likeness (QED) is 0.339. The number of hydrogen-bond donors (Lipinski definition) is 0. The van der Waals surface area contributed by atoms with Gasteiger partial charge in [-0.15, -0.1) is 0 Å². The Kier molecular flexibility index (Phi) is 5.06. The van der Waals surface area contributed by atoms with Gasteiger partial charge in [-0.2, -0.15) is 0 Å². The third-order valence-corrected chi connectivity index (χ3v) is 4.71. The van der Waals surface area contributed by atoms with Crippen molar-refractivity contribution in [1.29, 1.82) is 0 Å². The van der Waals surface area contributed by atoms with E-state index >= 15 is 0 Å². The van der Waals surface area contributed by atoms with Gasteiger partial charge < -0.3 is 14.2 Å². The fraction of sp³-hybridized carbons (Fsp3) is 0.0435. The van der Waals surface area contributed by atoms with E-state index in [9.17, 15) is 9.59 Å². The van der Waals surface area contributed by atoms with Crippen LogP contribution in [-0.4, -0.2) is 18.9 Å². The van der Waals surface area contributed by atoms with Crippen LogP contribution in [0.2, 0.25) is 5.02 Å². The van der Waals surface area contributed by atoms with Gasteiger partial charge in [0.2, 0.25) is 5.78 Å². The van der Waals surface area contributed by atoms with Crippen molar-refractivity contribution in [2.45, 2.75) is 0 Å². The lowest BCUT2D eigenvalue weighted by Crippen LogP contribution is -2.10. The largest absolute Gasteiger partial charge is 0.496 e. The van der Waals surface area contributed by atoms with Gasteiger partial charge in [0.15, 0.2) is 5.76 Å². The number of Topliss-reactive ketones (excluding diaryl/α,β-unsaturated/α-hetero) is 1. The fourth-order valence-corrected chi connectivity index (χ4v) is 3.13. The molecule has 0 aliphatic carbocycles. The smallest absolute Gasteiger partial charge is 0.347 e. The predicted octanol–water partition coefficient (Wildman–Crippen LogP) is 5.18. The van der Waals surface area contributed by atoms with Crippen LogP contribution in [0, 0.1) is 0 Å². The summed E-state index contributed by atoms with van der Waals surface area (Å²) >= 11 is 6.15. The Hall–Kier alpha value is -3.57. The van der Waals surface area contributed by atoms with Gasteiger partial charge in [-0.25, -0.2) is 4.79 Å². The fourth-order valence-electron chi connectivity index (χ4n) is 2.94. The number of rotatable bonds is 4. The zero-order valence-corrected chi connectivity index (χ0v) is 16.1. The summed E-state index contributed by atoms with van der Waals surface area (Å²) in [5.41, 5.74) is 1.36. The molecule has 0 unspecified atom stereocenters. The van der Waals surface area contributed by atoms with E-state index in [0.717, 1.165) is 0 Å². The number of fused-ring (bicyclic) bond motifs is 1. The minimum Gasteiger partial charge on any atom is -0.496 e. The second kappa shape index (κ2) is 7.81. The van der Waals surface area contributed by atoms with Gasteiger partial charge in [-0.1, -0.05) is 41.9 Å². The number of esters is 1. The molecule has 0 saturated heterocycles. The summed E-state index contributed by atoms with van der Waals surface area (Å²) in [5, 5.41) is 0.513.